The Hall–Kier alpha value is -2.17. The van der Waals surface area contributed by atoms with E-state index in [1.807, 2.05) is 0 Å². The maximum Gasteiger partial charge on any atom is 0.233 e. The molecule has 0 saturated carbocycles. The number of hydrogen-bond donors (Lipinski definition) is 1. The van der Waals surface area contributed by atoms with E-state index in [-0.39, 0.29) is 17.7 Å². The van der Waals surface area contributed by atoms with E-state index in [9.17, 15) is 4.79 Å². The normalized spacial score (nSPS) is 25.5. The number of benzene rings is 2. The van der Waals surface area contributed by atoms with Gasteiger partial charge in [0.2, 0.25) is 5.91 Å². The van der Waals surface area contributed by atoms with Crippen LogP contribution in [0.1, 0.15) is 47.4 Å². The molecule has 1 heterocycles. The molecule has 1 N–H and O–H groups in total. The van der Waals surface area contributed by atoms with Crippen molar-refractivity contribution in [1.29, 1.82) is 0 Å². The highest BCUT2D eigenvalue weighted by Gasteiger charge is 2.53. The molecule has 3 aromatic rings. The van der Waals surface area contributed by atoms with Crippen LogP contribution in [0.25, 0.3) is 0 Å². The lowest BCUT2D eigenvalue weighted by molar-refractivity contribution is -0.126. The predicted molar refractivity (Wildman–Crippen MR) is 105 cm³/mol. The third-order valence-electron chi connectivity index (χ3n) is 5.85. The zero-order chi connectivity index (χ0) is 17.9. The molecule has 3 aliphatic rings. The number of amides is 1. The Bertz CT molecular complexity index is 983. The van der Waals surface area contributed by atoms with Gasteiger partial charge in [-0.3, -0.25) is 4.79 Å². The Labute approximate surface area is 161 Å². The molecule has 0 radical (unpaired) electrons. The summed E-state index contributed by atoms with van der Waals surface area (Å²) in [6.07, 6.45) is 2.37. The summed E-state index contributed by atoms with van der Waals surface area (Å²) in [6.45, 7) is 2.08. The van der Waals surface area contributed by atoms with Gasteiger partial charge in [0.05, 0.1) is 11.6 Å². The van der Waals surface area contributed by atoms with Gasteiger partial charge in [-0.25, -0.2) is 4.98 Å². The second-order valence-corrected chi connectivity index (χ2v) is 8.95. The van der Waals surface area contributed by atoms with Crippen LogP contribution in [0.15, 0.2) is 54.7 Å². The first-order valence-corrected chi connectivity index (χ1v) is 9.88. The minimum absolute atomic E-state index is 0.0162. The number of nitrogens with zero attached hydrogens (tertiary/aromatic N) is 1. The number of anilines is 1. The quantitative estimate of drug-likeness (QED) is 0.644. The van der Waals surface area contributed by atoms with Crippen LogP contribution in [0.2, 0.25) is 4.34 Å². The Morgan fingerprint density at radius 3 is 2.23 bits per heavy atom. The van der Waals surface area contributed by atoms with Gasteiger partial charge in [0.1, 0.15) is 4.34 Å². The summed E-state index contributed by atoms with van der Waals surface area (Å²) in [5, 5.41) is 3.56. The highest BCUT2D eigenvalue weighted by molar-refractivity contribution is 7.19. The third-order valence-corrected chi connectivity index (χ3v) is 6.88. The van der Waals surface area contributed by atoms with Crippen molar-refractivity contribution in [1.82, 2.24) is 4.98 Å². The molecule has 0 unspecified atom stereocenters. The van der Waals surface area contributed by atoms with E-state index in [1.165, 1.54) is 33.6 Å². The Kier molecular flexibility index (Phi) is 3.49. The molecule has 6 rings (SSSR count). The van der Waals surface area contributed by atoms with Crippen molar-refractivity contribution in [3.05, 3.63) is 81.3 Å². The predicted octanol–water partition coefficient (Wildman–Crippen LogP) is 5.42. The first kappa shape index (κ1) is 16.0. The summed E-state index contributed by atoms with van der Waals surface area (Å²) in [7, 11) is 0. The number of fused-ring (bicyclic) bond motifs is 1. The van der Waals surface area contributed by atoms with Gasteiger partial charge in [0.15, 0.2) is 5.13 Å². The molecule has 0 fully saturated rings. The molecule has 130 valence electrons. The van der Waals surface area contributed by atoms with Gasteiger partial charge in [-0.2, -0.15) is 0 Å². The van der Waals surface area contributed by atoms with Crippen LogP contribution >= 0.6 is 22.9 Å². The van der Waals surface area contributed by atoms with Crippen molar-refractivity contribution in [2.75, 3.05) is 5.32 Å². The summed E-state index contributed by atoms with van der Waals surface area (Å²) in [5.74, 6) is 0.320. The summed E-state index contributed by atoms with van der Waals surface area (Å²) in [6, 6.07) is 17.1. The minimum Gasteiger partial charge on any atom is -0.301 e. The number of carbonyl (C=O) groups is 1. The molecule has 1 amide bonds. The van der Waals surface area contributed by atoms with Crippen LogP contribution in [0.5, 0.6) is 0 Å². The molecular weight excluding hydrogens is 364 g/mol. The lowest BCUT2D eigenvalue weighted by atomic mass is 9.52. The van der Waals surface area contributed by atoms with E-state index in [1.54, 1.807) is 6.20 Å². The molecule has 1 atom stereocenters. The monoisotopic (exact) mass is 380 g/mol. The summed E-state index contributed by atoms with van der Waals surface area (Å²) in [5.41, 5.74) is 4.75. The molecule has 3 aliphatic carbocycles. The van der Waals surface area contributed by atoms with Crippen LogP contribution in [0.3, 0.4) is 0 Å². The van der Waals surface area contributed by atoms with E-state index >= 15 is 0 Å². The van der Waals surface area contributed by atoms with E-state index in [2.05, 4.69) is 65.8 Å². The first-order valence-electron chi connectivity index (χ1n) is 8.68. The fourth-order valence-corrected chi connectivity index (χ4v) is 5.55. The smallest absolute Gasteiger partial charge is 0.233 e. The van der Waals surface area contributed by atoms with Gasteiger partial charge in [-0.1, -0.05) is 71.5 Å². The van der Waals surface area contributed by atoms with Crippen LogP contribution in [0, 0.1) is 5.41 Å². The Morgan fingerprint density at radius 1 is 1.12 bits per heavy atom. The van der Waals surface area contributed by atoms with Gasteiger partial charge < -0.3 is 5.32 Å². The zero-order valence-electron chi connectivity index (χ0n) is 14.2. The van der Waals surface area contributed by atoms with Crippen LogP contribution in [-0.4, -0.2) is 10.9 Å². The largest absolute Gasteiger partial charge is 0.301 e. The molecule has 2 bridgehead atoms. The number of hydrogen-bond acceptors (Lipinski definition) is 3. The zero-order valence-corrected chi connectivity index (χ0v) is 15.8. The molecule has 5 heteroatoms. The Balaban J connectivity index is 1.62. The highest BCUT2D eigenvalue weighted by Crippen LogP contribution is 2.61. The number of halogens is 1. The van der Waals surface area contributed by atoms with Crippen molar-refractivity contribution in [2.45, 2.75) is 25.2 Å². The van der Waals surface area contributed by atoms with Crippen molar-refractivity contribution in [3.63, 3.8) is 0 Å². The maximum atomic E-state index is 13.3. The summed E-state index contributed by atoms with van der Waals surface area (Å²) < 4.78 is 0.575. The fraction of sp³-hybridized carbons (Fsp3) is 0.238. The van der Waals surface area contributed by atoms with Gasteiger partial charge in [-0.05, 0) is 35.6 Å². The fourth-order valence-electron chi connectivity index (χ4n) is 4.74. The molecule has 0 aliphatic heterocycles. The van der Waals surface area contributed by atoms with Crippen LogP contribution < -0.4 is 5.32 Å². The average Bonchev–Trinajstić information content (AvgIpc) is 3.06. The van der Waals surface area contributed by atoms with Crippen LogP contribution in [-0.2, 0) is 4.79 Å². The molecular formula is C21H17ClN2OS. The van der Waals surface area contributed by atoms with Gasteiger partial charge in [-0.15, -0.1) is 0 Å². The number of thiazole rings is 1. The first-order chi connectivity index (χ1) is 12.6. The number of nitrogens with one attached hydrogen (secondary N) is 1. The standard InChI is InChI=1S/C21H17ClN2OS/c1-21(19(25)24-20-23-11-17(22)26-20)10-16-12-6-2-4-8-14(12)18(21)15-9-5-3-7-13(15)16/h2-9,11,16,18H,10H2,1H3,(H,23,24,25)/t16?,18?,21-/m0/s1. The minimum atomic E-state index is -0.522. The van der Waals surface area contributed by atoms with E-state index < -0.39 is 5.41 Å². The van der Waals surface area contributed by atoms with E-state index in [0.717, 1.165) is 6.42 Å². The molecule has 0 spiro atoms. The summed E-state index contributed by atoms with van der Waals surface area (Å²) >= 11 is 7.26. The lowest BCUT2D eigenvalue weighted by Crippen LogP contribution is -2.47. The van der Waals surface area contributed by atoms with E-state index in [4.69, 9.17) is 11.6 Å². The molecule has 0 saturated heterocycles. The van der Waals surface area contributed by atoms with Crippen molar-refractivity contribution >= 4 is 34.0 Å². The van der Waals surface area contributed by atoms with Crippen molar-refractivity contribution in [3.8, 4) is 0 Å². The number of aromatic nitrogens is 1. The SMILES string of the molecule is C[C@]1(C(=O)Nc2ncc(Cl)s2)CC2c3ccccc3C1c1ccccc12. The molecule has 2 aromatic carbocycles. The number of rotatable bonds is 2. The number of carbonyl (C=O) groups excluding carboxylic acids is 1. The lowest BCUT2D eigenvalue weighted by Gasteiger charge is -2.50. The van der Waals surface area contributed by atoms with Crippen molar-refractivity contribution in [2.24, 2.45) is 5.41 Å². The summed E-state index contributed by atoms with van der Waals surface area (Å²) in [4.78, 5) is 17.5. The van der Waals surface area contributed by atoms with Gasteiger partial charge in [0, 0.05) is 11.8 Å². The second kappa shape index (κ2) is 5.66. The molecule has 26 heavy (non-hydrogen) atoms. The topological polar surface area (TPSA) is 42.0 Å². The maximum absolute atomic E-state index is 13.3. The Morgan fingerprint density at radius 2 is 1.69 bits per heavy atom. The molecule has 1 aromatic heterocycles. The van der Waals surface area contributed by atoms with Gasteiger partial charge >= 0.3 is 0 Å². The second-order valence-electron chi connectivity index (χ2n) is 7.29. The van der Waals surface area contributed by atoms with Gasteiger partial charge in [0.25, 0.3) is 0 Å². The highest BCUT2D eigenvalue weighted by atomic mass is 35.5. The van der Waals surface area contributed by atoms with E-state index in [0.29, 0.717) is 9.47 Å². The average molecular weight is 381 g/mol. The molecule has 3 nitrogen and oxygen atoms in total. The third kappa shape index (κ3) is 2.19. The van der Waals surface area contributed by atoms with Crippen LogP contribution in [0.4, 0.5) is 5.13 Å². The van der Waals surface area contributed by atoms with Crippen molar-refractivity contribution < 1.29 is 4.79 Å².